The van der Waals surface area contributed by atoms with E-state index in [1.54, 1.807) is 0 Å². The smallest absolute Gasteiger partial charge is 0.0235 e. The number of hydrogen-bond donors (Lipinski definition) is 1. The van der Waals surface area contributed by atoms with Crippen LogP contribution in [0.4, 0.5) is 0 Å². The van der Waals surface area contributed by atoms with Gasteiger partial charge in [0.25, 0.3) is 0 Å². The van der Waals surface area contributed by atoms with Gasteiger partial charge in [-0.05, 0) is 66.3 Å². The SMILES string of the molecule is CCN(CC)C1CCN(CCCNC(C)(C)C)C1. The number of nitrogens with one attached hydrogen (secondary N) is 1. The van der Waals surface area contributed by atoms with Crippen LogP contribution in [0, 0.1) is 0 Å². The maximum atomic E-state index is 3.57. The summed E-state index contributed by atoms with van der Waals surface area (Å²) >= 11 is 0. The van der Waals surface area contributed by atoms with Crippen LogP contribution < -0.4 is 5.32 Å². The molecule has 0 saturated carbocycles. The molecule has 0 aromatic rings. The molecule has 1 fully saturated rings. The molecule has 1 N–H and O–H groups in total. The Hall–Kier alpha value is -0.120. The monoisotopic (exact) mass is 255 g/mol. The summed E-state index contributed by atoms with van der Waals surface area (Å²) in [6, 6.07) is 0.801. The molecule has 1 atom stereocenters. The molecule has 18 heavy (non-hydrogen) atoms. The van der Waals surface area contributed by atoms with Crippen molar-refractivity contribution < 1.29 is 0 Å². The zero-order valence-electron chi connectivity index (χ0n) is 13.1. The molecule has 1 aliphatic rings. The lowest BCUT2D eigenvalue weighted by Crippen LogP contribution is -2.39. The van der Waals surface area contributed by atoms with Gasteiger partial charge in [-0.15, -0.1) is 0 Å². The second-order valence-electron chi connectivity index (χ2n) is 6.49. The van der Waals surface area contributed by atoms with Crippen molar-refractivity contribution in [2.45, 2.75) is 59.0 Å². The van der Waals surface area contributed by atoms with Crippen molar-refractivity contribution >= 4 is 0 Å². The van der Waals surface area contributed by atoms with Crippen LogP contribution in [0.3, 0.4) is 0 Å². The molecule has 0 amide bonds. The molecule has 0 spiro atoms. The first-order valence-electron chi connectivity index (χ1n) is 7.67. The largest absolute Gasteiger partial charge is 0.312 e. The minimum atomic E-state index is 0.259. The van der Waals surface area contributed by atoms with Gasteiger partial charge in [0.05, 0.1) is 0 Å². The van der Waals surface area contributed by atoms with E-state index < -0.39 is 0 Å². The van der Waals surface area contributed by atoms with Crippen LogP contribution in [0.25, 0.3) is 0 Å². The van der Waals surface area contributed by atoms with Gasteiger partial charge in [-0.25, -0.2) is 0 Å². The van der Waals surface area contributed by atoms with Gasteiger partial charge in [0, 0.05) is 18.1 Å². The number of likely N-dealkylation sites (N-methyl/N-ethyl adjacent to an activating group) is 1. The average molecular weight is 255 g/mol. The lowest BCUT2D eigenvalue weighted by Gasteiger charge is -2.26. The van der Waals surface area contributed by atoms with Crippen LogP contribution in [0.5, 0.6) is 0 Å². The first kappa shape index (κ1) is 15.9. The zero-order valence-corrected chi connectivity index (χ0v) is 13.1. The maximum absolute atomic E-state index is 3.57. The second kappa shape index (κ2) is 7.46. The topological polar surface area (TPSA) is 18.5 Å². The lowest BCUT2D eigenvalue weighted by molar-refractivity contribution is 0.210. The molecule has 0 bridgehead atoms. The highest BCUT2D eigenvalue weighted by molar-refractivity contribution is 4.82. The Kier molecular flexibility index (Phi) is 6.61. The number of hydrogen-bond acceptors (Lipinski definition) is 3. The van der Waals surface area contributed by atoms with Crippen molar-refractivity contribution in [2.75, 3.05) is 39.3 Å². The molecule has 3 heteroatoms. The van der Waals surface area contributed by atoms with Crippen LogP contribution in [0.2, 0.25) is 0 Å². The molecule has 1 heterocycles. The van der Waals surface area contributed by atoms with Crippen molar-refractivity contribution in [1.82, 2.24) is 15.1 Å². The Bertz CT molecular complexity index is 218. The van der Waals surface area contributed by atoms with E-state index in [-0.39, 0.29) is 5.54 Å². The van der Waals surface area contributed by atoms with E-state index in [9.17, 15) is 0 Å². The molecule has 0 aromatic heterocycles. The minimum absolute atomic E-state index is 0.259. The number of likely N-dealkylation sites (tertiary alicyclic amines) is 1. The summed E-state index contributed by atoms with van der Waals surface area (Å²) in [5.41, 5.74) is 0.259. The third kappa shape index (κ3) is 5.68. The summed E-state index contributed by atoms with van der Waals surface area (Å²) in [7, 11) is 0. The predicted octanol–water partition coefficient (Wildman–Crippen LogP) is 2.18. The Morgan fingerprint density at radius 3 is 2.44 bits per heavy atom. The maximum Gasteiger partial charge on any atom is 0.0235 e. The lowest BCUT2D eigenvalue weighted by atomic mass is 10.1. The fraction of sp³-hybridized carbons (Fsp3) is 1.00. The first-order valence-corrected chi connectivity index (χ1v) is 7.67. The first-order chi connectivity index (χ1) is 8.46. The Morgan fingerprint density at radius 2 is 1.89 bits per heavy atom. The highest BCUT2D eigenvalue weighted by Crippen LogP contribution is 2.15. The average Bonchev–Trinajstić information content (AvgIpc) is 2.74. The Labute approximate surface area is 114 Å². The number of rotatable bonds is 7. The van der Waals surface area contributed by atoms with E-state index in [4.69, 9.17) is 0 Å². The van der Waals surface area contributed by atoms with Gasteiger partial charge in [-0.1, -0.05) is 13.8 Å². The van der Waals surface area contributed by atoms with Crippen LogP contribution in [0.1, 0.15) is 47.5 Å². The summed E-state index contributed by atoms with van der Waals surface area (Å²) in [5, 5.41) is 3.57. The quantitative estimate of drug-likeness (QED) is 0.704. The van der Waals surface area contributed by atoms with Crippen molar-refractivity contribution in [1.29, 1.82) is 0 Å². The molecular weight excluding hydrogens is 222 g/mol. The van der Waals surface area contributed by atoms with Crippen molar-refractivity contribution in [3.05, 3.63) is 0 Å². The summed E-state index contributed by atoms with van der Waals surface area (Å²) in [4.78, 5) is 5.24. The van der Waals surface area contributed by atoms with Crippen molar-refractivity contribution in [3.63, 3.8) is 0 Å². The Balaban J connectivity index is 2.15. The van der Waals surface area contributed by atoms with E-state index >= 15 is 0 Å². The van der Waals surface area contributed by atoms with Gasteiger partial charge >= 0.3 is 0 Å². The fourth-order valence-corrected chi connectivity index (χ4v) is 2.82. The van der Waals surface area contributed by atoms with E-state index in [0.717, 1.165) is 12.6 Å². The van der Waals surface area contributed by atoms with Crippen molar-refractivity contribution in [2.24, 2.45) is 0 Å². The minimum Gasteiger partial charge on any atom is -0.312 e. The molecule has 0 aliphatic carbocycles. The summed E-state index contributed by atoms with van der Waals surface area (Å²) in [6.07, 6.45) is 2.62. The highest BCUT2D eigenvalue weighted by atomic mass is 15.2. The molecule has 1 unspecified atom stereocenters. The van der Waals surface area contributed by atoms with Crippen LogP contribution >= 0.6 is 0 Å². The molecule has 1 rings (SSSR count). The van der Waals surface area contributed by atoms with Gasteiger partial charge < -0.3 is 10.2 Å². The highest BCUT2D eigenvalue weighted by Gasteiger charge is 2.25. The van der Waals surface area contributed by atoms with Crippen LogP contribution in [0.15, 0.2) is 0 Å². The van der Waals surface area contributed by atoms with Gasteiger partial charge in [0.15, 0.2) is 0 Å². The van der Waals surface area contributed by atoms with Crippen molar-refractivity contribution in [3.8, 4) is 0 Å². The molecular formula is C15H33N3. The standard InChI is InChI=1S/C15H33N3/c1-6-18(7-2)14-9-12-17(13-14)11-8-10-16-15(3,4)5/h14,16H,6-13H2,1-5H3. The fourth-order valence-electron chi connectivity index (χ4n) is 2.82. The third-order valence-electron chi connectivity index (χ3n) is 3.88. The summed E-state index contributed by atoms with van der Waals surface area (Å²) in [6.45, 7) is 18.6. The molecule has 3 nitrogen and oxygen atoms in total. The van der Waals surface area contributed by atoms with E-state index in [1.807, 2.05) is 0 Å². The van der Waals surface area contributed by atoms with Crippen LogP contribution in [-0.4, -0.2) is 60.6 Å². The molecule has 0 aromatic carbocycles. The molecule has 1 saturated heterocycles. The van der Waals surface area contributed by atoms with Crippen LogP contribution in [-0.2, 0) is 0 Å². The van der Waals surface area contributed by atoms with E-state index in [1.165, 1.54) is 45.6 Å². The predicted molar refractivity (Wildman–Crippen MR) is 80.1 cm³/mol. The summed E-state index contributed by atoms with van der Waals surface area (Å²) < 4.78 is 0. The molecule has 1 aliphatic heterocycles. The second-order valence-corrected chi connectivity index (χ2v) is 6.49. The van der Waals surface area contributed by atoms with Gasteiger partial charge in [-0.2, -0.15) is 0 Å². The van der Waals surface area contributed by atoms with E-state index in [2.05, 4.69) is 49.7 Å². The normalized spacial score (nSPS) is 22.0. The number of nitrogens with zero attached hydrogens (tertiary/aromatic N) is 2. The third-order valence-corrected chi connectivity index (χ3v) is 3.88. The van der Waals surface area contributed by atoms with Gasteiger partial charge in [-0.3, -0.25) is 4.90 Å². The Morgan fingerprint density at radius 1 is 1.22 bits per heavy atom. The summed E-state index contributed by atoms with van der Waals surface area (Å²) in [5.74, 6) is 0. The zero-order chi connectivity index (χ0) is 13.6. The molecule has 108 valence electrons. The molecule has 0 radical (unpaired) electrons. The van der Waals surface area contributed by atoms with E-state index in [0.29, 0.717) is 0 Å². The van der Waals surface area contributed by atoms with Gasteiger partial charge in [0.1, 0.15) is 0 Å². The van der Waals surface area contributed by atoms with Gasteiger partial charge in [0.2, 0.25) is 0 Å².